The third kappa shape index (κ3) is 2.21. The fourth-order valence-electron chi connectivity index (χ4n) is 0.935. The number of hydrogen-bond acceptors (Lipinski definition) is 2. The average Bonchev–Trinajstić information content (AvgIpc) is 2.08. The Labute approximate surface area is 84.1 Å². The molecule has 0 bridgehead atoms. The summed E-state index contributed by atoms with van der Waals surface area (Å²) in [5, 5.41) is 17.9. The molecule has 1 aromatic carbocycles. The number of phenols is 1. The van der Waals surface area contributed by atoms with Gasteiger partial charge in [0, 0.05) is 0 Å². The number of benzene rings is 1. The lowest BCUT2D eigenvalue weighted by Crippen LogP contribution is -2.06. The fraction of sp³-hybridized carbons (Fsp3) is 0.222. The molecule has 0 aliphatic heterocycles. The Bertz CT molecular complexity index is 336. The lowest BCUT2D eigenvalue weighted by atomic mass is 10.0. The summed E-state index contributed by atoms with van der Waals surface area (Å²) < 4.78 is 0.512. The van der Waals surface area contributed by atoms with Gasteiger partial charge in [0.05, 0.1) is 10.4 Å². The normalized spacial score (nSPS) is 12.5. The van der Waals surface area contributed by atoms with Crippen molar-refractivity contribution in [3.63, 3.8) is 0 Å². The number of carboxylic acids is 1. The lowest BCUT2D eigenvalue weighted by molar-refractivity contribution is -0.138. The molecule has 0 heterocycles. The van der Waals surface area contributed by atoms with E-state index in [1.807, 2.05) is 0 Å². The minimum absolute atomic E-state index is 0.112. The van der Waals surface area contributed by atoms with Crippen molar-refractivity contribution in [1.82, 2.24) is 0 Å². The zero-order valence-electron chi connectivity index (χ0n) is 6.99. The summed E-state index contributed by atoms with van der Waals surface area (Å²) in [6.07, 6.45) is 0. The second-order valence-electron chi connectivity index (χ2n) is 2.77. The molecule has 1 atom stereocenters. The topological polar surface area (TPSA) is 57.5 Å². The first-order chi connectivity index (χ1) is 6.02. The molecule has 0 aliphatic rings. The third-order valence-corrected chi connectivity index (χ3v) is 2.48. The van der Waals surface area contributed by atoms with Crippen LogP contribution >= 0.6 is 15.9 Å². The molecule has 1 aromatic rings. The molecule has 0 spiro atoms. The number of halogens is 1. The molecule has 0 saturated heterocycles. The van der Waals surface area contributed by atoms with Gasteiger partial charge >= 0.3 is 5.97 Å². The van der Waals surface area contributed by atoms with Crippen molar-refractivity contribution >= 4 is 21.9 Å². The summed E-state index contributed by atoms with van der Waals surface area (Å²) in [5.74, 6) is -1.32. The molecule has 0 amide bonds. The van der Waals surface area contributed by atoms with E-state index in [1.54, 1.807) is 19.1 Å². The molecule has 0 fully saturated rings. The summed E-state index contributed by atoms with van der Waals surface area (Å²) in [6.45, 7) is 1.60. The van der Waals surface area contributed by atoms with Crippen LogP contribution in [0.2, 0.25) is 0 Å². The maximum atomic E-state index is 10.6. The average molecular weight is 245 g/mol. The van der Waals surface area contributed by atoms with Gasteiger partial charge in [-0.15, -0.1) is 0 Å². The van der Waals surface area contributed by atoms with E-state index in [-0.39, 0.29) is 5.75 Å². The summed E-state index contributed by atoms with van der Waals surface area (Å²) in [6, 6.07) is 4.67. The van der Waals surface area contributed by atoms with E-state index >= 15 is 0 Å². The van der Waals surface area contributed by atoms with Crippen molar-refractivity contribution in [2.75, 3.05) is 0 Å². The second-order valence-corrected chi connectivity index (χ2v) is 3.63. The van der Waals surface area contributed by atoms with E-state index in [0.29, 0.717) is 10.0 Å². The highest BCUT2D eigenvalue weighted by atomic mass is 79.9. The first kappa shape index (κ1) is 10.1. The van der Waals surface area contributed by atoms with Crippen LogP contribution in [0.1, 0.15) is 18.4 Å². The Kier molecular flexibility index (Phi) is 2.93. The van der Waals surface area contributed by atoms with Crippen molar-refractivity contribution in [2.24, 2.45) is 0 Å². The van der Waals surface area contributed by atoms with Gasteiger partial charge in [-0.1, -0.05) is 6.07 Å². The first-order valence-electron chi connectivity index (χ1n) is 3.73. The smallest absolute Gasteiger partial charge is 0.310 e. The molecule has 13 heavy (non-hydrogen) atoms. The van der Waals surface area contributed by atoms with Crippen LogP contribution in [0.4, 0.5) is 0 Å². The highest BCUT2D eigenvalue weighted by Crippen LogP contribution is 2.27. The zero-order chi connectivity index (χ0) is 10.0. The number of aliphatic carboxylic acids is 1. The van der Waals surface area contributed by atoms with Crippen LogP contribution in [0.15, 0.2) is 22.7 Å². The van der Waals surface area contributed by atoms with Gasteiger partial charge in [0.2, 0.25) is 0 Å². The van der Waals surface area contributed by atoms with Crippen molar-refractivity contribution in [3.8, 4) is 5.75 Å². The summed E-state index contributed by atoms with van der Waals surface area (Å²) >= 11 is 3.12. The maximum absolute atomic E-state index is 10.6. The highest BCUT2D eigenvalue weighted by molar-refractivity contribution is 9.10. The third-order valence-electron chi connectivity index (χ3n) is 1.84. The van der Waals surface area contributed by atoms with Crippen molar-refractivity contribution in [2.45, 2.75) is 12.8 Å². The molecule has 0 saturated carbocycles. The van der Waals surface area contributed by atoms with Gasteiger partial charge < -0.3 is 10.2 Å². The minimum atomic E-state index is -0.877. The van der Waals surface area contributed by atoms with Gasteiger partial charge in [-0.25, -0.2) is 0 Å². The molecule has 2 N–H and O–H groups in total. The number of carbonyl (C=O) groups is 1. The molecule has 0 radical (unpaired) electrons. The molecular formula is C9H9BrO3. The number of hydrogen-bond donors (Lipinski definition) is 2. The van der Waals surface area contributed by atoms with Crippen LogP contribution in [-0.4, -0.2) is 16.2 Å². The Morgan fingerprint density at radius 3 is 2.62 bits per heavy atom. The zero-order valence-corrected chi connectivity index (χ0v) is 8.58. The van der Waals surface area contributed by atoms with Gasteiger partial charge in [0.15, 0.2) is 0 Å². The summed E-state index contributed by atoms with van der Waals surface area (Å²) in [7, 11) is 0. The Balaban J connectivity index is 3.03. The lowest BCUT2D eigenvalue weighted by Gasteiger charge is -2.07. The molecule has 70 valence electrons. The minimum Gasteiger partial charge on any atom is -0.507 e. The van der Waals surface area contributed by atoms with Gasteiger partial charge in [-0.05, 0) is 40.5 Å². The number of carboxylic acid groups (broad SMARTS) is 1. The Morgan fingerprint density at radius 2 is 2.15 bits per heavy atom. The molecule has 1 unspecified atom stereocenters. The SMILES string of the molecule is CC(C(=O)O)c1ccc(O)c(Br)c1. The van der Waals surface area contributed by atoms with Crippen molar-refractivity contribution < 1.29 is 15.0 Å². The standard InChI is InChI=1S/C9H9BrO3/c1-5(9(12)13)6-2-3-8(11)7(10)4-6/h2-5,11H,1H3,(H,12,13). The van der Waals surface area contributed by atoms with Crippen LogP contribution in [0.3, 0.4) is 0 Å². The number of phenolic OH excluding ortho intramolecular Hbond substituents is 1. The predicted molar refractivity (Wildman–Crippen MR) is 51.9 cm³/mol. The molecule has 1 rings (SSSR count). The molecule has 3 nitrogen and oxygen atoms in total. The quantitative estimate of drug-likeness (QED) is 0.840. The van der Waals surface area contributed by atoms with Gasteiger partial charge in [0.25, 0.3) is 0 Å². The summed E-state index contributed by atoms with van der Waals surface area (Å²) in [4.78, 5) is 10.6. The maximum Gasteiger partial charge on any atom is 0.310 e. The highest BCUT2D eigenvalue weighted by Gasteiger charge is 2.14. The largest absolute Gasteiger partial charge is 0.507 e. The van der Waals surface area contributed by atoms with E-state index in [4.69, 9.17) is 10.2 Å². The van der Waals surface area contributed by atoms with E-state index in [0.717, 1.165) is 0 Å². The van der Waals surface area contributed by atoms with Crippen molar-refractivity contribution in [1.29, 1.82) is 0 Å². The molecule has 4 heteroatoms. The summed E-state index contributed by atoms with van der Waals surface area (Å²) in [5.41, 5.74) is 0.664. The Morgan fingerprint density at radius 1 is 1.54 bits per heavy atom. The van der Waals surface area contributed by atoms with Crippen LogP contribution in [-0.2, 0) is 4.79 Å². The molecule has 0 aliphatic carbocycles. The van der Waals surface area contributed by atoms with Gasteiger partial charge in [-0.3, -0.25) is 4.79 Å². The van der Waals surface area contributed by atoms with Gasteiger partial charge in [0.1, 0.15) is 5.75 Å². The first-order valence-corrected chi connectivity index (χ1v) is 4.53. The van der Waals surface area contributed by atoms with Crippen LogP contribution in [0.25, 0.3) is 0 Å². The Hall–Kier alpha value is -1.03. The molecular weight excluding hydrogens is 236 g/mol. The number of rotatable bonds is 2. The van der Waals surface area contributed by atoms with Crippen LogP contribution in [0.5, 0.6) is 5.75 Å². The van der Waals surface area contributed by atoms with Crippen LogP contribution in [0, 0.1) is 0 Å². The second kappa shape index (κ2) is 3.79. The monoisotopic (exact) mass is 244 g/mol. The number of aromatic hydroxyl groups is 1. The van der Waals surface area contributed by atoms with E-state index in [1.165, 1.54) is 6.07 Å². The van der Waals surface area contributed by atoms with E-state index < -0.39 is 11.9 Å². The fourth-order valence-corrected chi connectivity index (χ4v) is 1.33. The van der Waals surface area contributed by atoms with Crippen molar-refractivity contribution in [3.05, 3.63) is 28.2 Å². The van der Waals surface area contributed by atoms with Crippen LogP contribution < -0.4 is 0 Å². The van der Waals surface area contributed by atoms with E-state index in [2.05, 4.69) is 15.9 Å². The molecule has 0 aromatic heterocycles. The van der Waals surface area contributed by atoms with Gasteiger partial charge in [-0.2, -0.15) is 0 Å². The predicted octanol–water partition coefficient (Wildman–Crippen LogP) is 2.34. The van der Waals surface area contributed by atoms with E-state index in [9.17, 15) is 4.79 Å².